The van der Waals surface area contributed by atoms with Crippen molar-refractivity contribution < 1.29 is 4.74 Å². The molecule has 1 saturated carbocycles. The van der Waals surface area contributed by atoms with Crippen LogP contribution < -0.4 is 5.32 Å². The van der Waals surface area contributed by atoms with E-state index in [1.165, 1.54) is 30.5 Å². The minimum atomic E-state index is -0.234. The number of anilines is 1. The number of ether oxygens (including phenoxy) is 1. The summed E-state index contributed by atoms with van der Waals surface area (Å²) in [5.74, 6) is 1.95. The van der Waals surface area contributed by atoms with Gasteiger partial charge >= 0.3 is 0 Å². The molecule has 0 aliphatic heterocycles. The van der Waals surface area contributed by atoms with Crippen molar-refractivity contribution in [1.82, 2.24) is 9.97 Å². The third kappa shape index (κ3) is 2.12. The van der Waals surface area contributed by atoms with Gasteiger partial charge in [-0.3, -0.25) is 0 Å². The van der Waals surface area contributed by atoms with Gasteiger partial charge in [0, 0.05) is 24.9 Å². The molecule has 1 aromatic rings. The number of nitrogens with zero attached hydrogens (tertiary/aromatic N) is 2. The average Bonchev–Trinajstić information content (AvgIpc) is 3.08. The Hall–Kier alpha value is -1.16. The fourth-order valence-corrected chi connectivity index (χ4v) is 3.42. The Bertz CT molecular complexity index is 467. The Kier molecular flexibility index (Phi) is 3.44. The van der Waals surface area contributed by atoms with Crippen molar-refractivity contribution in [3.8, 4) is 0 Å². The van der Waals surface area contributed by atoms with Gasteiger partial charge in [-0.15, -0.1) is 0 Å². The maximum absolute atomic E-state index is 5.82. The second-order valence-corrected chi connectivity index (χ2v) is 5.61. The molecule has 0 saturated heterocycles. The minimum absolute atomic E-state index is 0.234. The lowest BCUT2D eigenvalue weighted by Gasteiger charge is -2.27. The zero-order chi connectivity index (χ0) is 13.3. The molecule has 4 nitrogen and oxygen atoms in total. The maximum Gasteiger partial charge on any atom is 0.162 e. The summed E-state index contributed by atoms with van der Waals surface area (Å²) in [6.07, 6.45) is 7.92. The van der Waals surface area contributed by atoms with Gasteiger partial charge in [0.25, 0.3) is 0 Å². The Labute approximate surface area is 115 Å². The highest BCUT2D eigenvalue weighted by Gasteiger charge is 2.39. The SMILES string of the molecule is CCNc1nc(C2(OC)CCCC2)nc2c1CCC2. The standard InChI is InChI=1S/C15H23N3O/c1-3-16-13-11-7-6-8-12(11)17-14(18-13)15(19-2)9-4-5-10-15/h3-10H2,1-2H3,(H,16,17,18). The number of hydrogen-bond donors (Lipinski definition) is 1. The van der Waals surface area contributed by atoms with Crippen LogP contribution in [0.25, 0.3) is 0 Å². The van der Waals surface area contributed by atoms with Gasteiger partial charge < -0.3 is 10.1 Å². The van der Waals surface area contributed by atoms with Crippen molar-refractivity contribution in [2.24, 2.45) is 0 Å². The van der Waals surface area contributed by atoms with Crippen molar-refractivity contribution in [3.05, 3.63) is 17.1 Å². The van der Waals surface area contributed by atoms with Crippen LogP contribution in [-0.2, 0) is 23.2 Å². The fraction of sp³-hybridized carbons (Fsp3) is 0.733. The third-order valence-corrected chi connectivity index (χ3v) is 4.49. The molecular weight excluding hydrogens is 238 g/mol. The molecular formula is C15H23N3O. The zero-order valence-corrected chi connectivity index (χ0v) is 12.0. The van der Waals surface area contributed by atoms with Crippen LogP contribution in [0.3, 0.4) is 0 Å². The van der Waals surface area contributed by atoms with E-state index in [0.29, 0.717) is 0 Å². The molecule has 2 aliphatic rings. The second kappa shape index (κ2) is 5.08. The number of aryl methyl sites for hydroxylation is 1. The molecule has 0 radical (unpaired) electrons. The normalized spacial score (nSPS) is 20.5. The van der Waals surface area contributed by atoms with Gasteiger partial charge in [0.2, 0.25) is 0 Å². The number of rotatable bonds is 4. The first-order valence-corrected chi connectivity index (χ1v) is 7.48. The average molecular weight is 261 g/mol. The van der Waals surface area contributed by atoms with E-state index in [9.17, 15) is 0 Å². The van der Waals surface area contributed by atoms with Crippen LogP contribution in [0.5, 0.6) is 0 Å². The molecule has 2 aliphatic carbocycles. The van der Waals surface area contributed by atoms with Gasteiger partial charge in [-0.25, -0.2) is 9.97 Å². The summed E-state index contributed by atoms with van der Waals surface area (Å²) in [5.41, 5.74) is 2.33. The maximum atomic E-state index is 5.82. The van der Waals surface area contributed by atoms with Crippen molar-refractivity contribution >= 4 is 5.82 Å². The molecule has 4 heteroatoms. The summed E-state index contributed by atoms with van der Waals surface area (Å²) < 4.78 is 5.82. The van der Waals surface area contributed by atoms with E-state index in [4.69, 9.17) is 14.7 Å². The predicted molar refractivity (Wildman–Crippen MR) is 75.4 cm³/mol. The Morgan fingerprint density at radius 3 is 2.63 bits per heavy atom. The number of hydrogen-bond acceptors (Lipinski definition) is 4. The van der Waals surface area contributed by atoms with Crippen LogP contribution in [0.1, 0.15) is 56.1 Å². The highest BCUT2D eigenvalue weighted by Crippen LogP contribution is 2.41. The molecule has 0 amide bonds. The van der Waals surface area contributed by atoms with Gasteiger partial charge in [0.05, 0.1) is 0 Å². The highest BCUT2D eigenvalue weighted by atomic mass is 16.5. The quantitative estimate of drug-likeness (QED) is 0.905. The lowest BCUT2D eigenvalue weighted by molar-refractivity contribution is -0.0163. The molecule has 1 heterocycles. The molecule has 1 N–H and O–H groups in total. The second-order valence-electron chi connectivity index (χ2n) is 5.61. The van der Waals surface area contributed by atoms with Gasteiger partial charge in [-0.05, 0) is 51.9 Å². The van der Waals surface area contributed by atoms with E-state index in [0.717, 1.165) is 43.9 Å². The molecule has 1 fully saturated rings. The predicted octanol–water partition coefficient (Wildman–Crippen LogP) is 2.81. The van der Waals surface area contributed by atoms with Crippen LogP contribution in [0.4, 0.5) is 5.82 Å². The monoisotopic (exact) mass is 261 g/mol. The lowest BCUT2D eigenvalue weighted by atomic mass is 10.0. The molecule has 0 unspecified atom stereocenters. The first-order chi connectivity index (χ1) is 9.29. The first-order valence-electron chi connectivity index (χ1n) is 7.48. The van der Waals surface area contributed by atoms with Crippen molar-refractivity contribution in [3.63, 3.8) is 0 Å². The Balaban J connectivity index is 2.04. The summed E-state index contributed by atoms with van der Waals surface area (Å²) >= 11 is 0. The molecule has 0 spiro atoms. The molecule has 0 bridgehead atoms. The number of nitrogens with one attached hydrogen (secondary N) is 1. The topological polar surface area (TPSA) is 47.0 Å². The van der Waals surface area contributed by atoms with Crippen molar-refractivity contribution in [2.75, 3.05) is 19.0 Å². The molecule has 104 valence electrons. The summed E-state index contributed by atoms with van der Waals surface area (Å²) in [4.78, 5) is 9.66. The van der Waals surface area contributed by atoms with Gasteiger partial charge in [-0.2, -0.15) is 0 Å². The van der Waals surface area contributed by atoms with Crippen LogP contribution in [-0.4, -0.2) is 23.6 Å². The van der Waals surface area contributed by atoms with Crippen LogP contribution >= 0.6 is 0 Å². The Morgan fingerprint density at radius 1 is 1.16 bits per heavy atom. The lowest BCUT2D eigenvalue weighted by Crippen LogP contribution is -2.28. The summed E-state index contributed by atoms with van der Waals surface area (Å²) in [5, 5.41) is 3.41. The zero-order valence-electron chi connectivity index (χ0n) is 12.0. The van der Waals surface area contributed by atoms with Crippen LogP contribution in [0.15, 0.2) is 0 Å². The molecule has 0 aromatic carbocycles. The van der Waals surface area contributed by atoms with Crippen molar-refractivity contribution in [2.45, 2.75) is 57.5 Å². The van der Waals surface area contributed by atoms with Gasteiger partial charge in [0.1, 0.15) is 11.4 Å². The summed E-state index contributed by atoms with van der Waals surface area (Å²) in [6.45, 7) is 3.02. The van der Waals surface area contributed by atoms with Crippen LogP contribution in [0, 0.1) is 0 Å². The number of methoxy groups -OCH3 is 1. The smallest absolute Gasteiger partial charge is 0.162 e. The van der Waals surface area contributed by atoms with Gasteiger partial charge in [0.15, 0.2) is 5.82 Å². The first kappa shape index (κ1) is 12.9. The van der Waals surface area contributed by atoms with Crippen LogP contribution in [0.2, 0.25) is 0 Å². The summed E-state index contributed by atoms with van der Waals surface area (Å²) in [6, 6.07) is 0. The van der Waals surface area contributed by atoms with E-state index in [1.807, 2.05) is 0 Å². The minimum Gasteiger partial charge on any atom is -0.370 e. The number of fused-ring (bicyclic) bond motifs is 1. The largest absolute Gasteiger partial charge is 0.370 e. The van der Waals surface area contributed by atoms with E-state index in [1.54, 1.807) is 7.11 Å². The summed E-state index contributed by atoms with van der Waals surface area (Å²) in [7, 11) is 1.80. The van der Waals surface area contributed by atoms with E-state index in [-0.39, 0.29) is 5.60 Å². The molecule has 1 aromatic heterocycles. The molecule has 0 atom stereocenters. The highest BCUT2D eigenvalue weighted by molar-refractivity contribution is 5.49. The van der Waals surface area contributed by atoms with Gasteiger partial charge in [-0.1, -0.05) is 0 Å². The third-order valence-electron chi connectivity index (χ3n) is 4.49. The molecule has 3 rings (SSSR count). The van der Waals surface area contributed by atoms with E-state index in [2.05, 4.69) is 12.2 Å². The molecule has 19 heavy (non-hydrogen) atoms. The Morgan fingerprint density at radius 2 is 1.95 bits per heavy atom. The van der Waals surface area contributed by atoms with E-state index < -0.39 is 0 Å². The fourth-order valence-electron chi connectivity index (χ4n) is 3.42. The van der Waals surface area contributed by atoms with Crippen molar-refractivity contribution in [1.29, 1.82) is 0 Å². The number of aromatic nitrogens is 2. The van der Waals surface area contributed by atoms with E-state index >= 15 is 0 Å².